The van der Waals surface area contributed by atoms with Crippen LogP contribution in [0.2, 0.25) is 0 Å². The summed E-state index contributed by atoms with van der Waals surface area (Å²) in [6, 6.07) is 19.0. The number of ether oxygens (including phenoxy) is 1. The lowest BCUT2D eigenvalue weighted by Crippen LogP contribution is -2.47. The van der Waals surface area contributed by atoms with E-state index in [2.05, 4.69) is 71.5 Å². The first-order valence-corrected chi connectivity index (χ1v) is 12.0. The Hall–Kier alpha value is -2.92. The van der Waals surface area contributed by atoms with Gasteiger partial charge in [0.05, 0.1) is 18.7 Å². The third-order valence-corrected chi connectivity index (χ3v) is 6.26. The van der Waals surface area contributed by atoms with E-state index in [0.29, 0.717) is 12.5 Å². The predicted molar refractivity (Wildman–Crippen MR) is 133 cm³/mol. The molecule has 0 spiro atoms. The largest absolute Gasteiger partial charge is 0.492 e. The van der Waals surface area contributed by atoms with Crippen LogP contribution in [-0.4, -0.2) is 42.0 Å². The van der Waals surface area contributed by atoms with E-state index in [9.17, 15) is 4.79 Å². The zero-order chi connectivity index (χ0) is 23.2. The number of pyridine rings is 1. The van der Waals surface area contributed by atoms with Gasteiger partial charge in [-0.25, -0.2) is 0 Å². The summed E-state index contributed by atoms with van der Waals surface area (Å²) in [4.78, 5) is 19.7. The van der Waals surface area contributed by atoms with Gasteiger partial charge in [-0.1, -0.05) is 50.2 Å². The van der Waals surface area contributed by atoms with Gasteiger partial charge in [0.1, 0.15) is 5.75 Å². The molecule has 4 rings (SSSR count). The maximum absolute atomic E-state index is 12.9. The average Bonchev–Trinajstić information content (AvgIpc) is 2.82. The molecule has 1 amide bonds. The second kappa shape index (κ2) is 10.8. The number of fused-ring (bicyclic) bond motifs is 1. The smallest absolute Gasteiger partial charge is 0.224 e. The molecule has 2 atom stereocenters. The van der Waals surface area contributed by atoms with Crippen LogP contribution in [-0.2, 0) is 11.3 Å². The van der Waals surface area contributed by atoms with Gasteiger partial charge in [-0.3, -0.25) is 14.7 Å². The van der Waals surface area contributed by atoms with Gasteiger partial charge in [-0.2, -0.15) is 0 Å². The fourth-order valence-electron chi connectivity index (χ4n) is 4.54. The summed E-state index contributed by atoms with van der Waals surface area (Å²) >= 11 is 0. The first-order valence-electron chi connectivity index (χ1n) is 12.0. The molecule has 2 heterocycles. The van der Waals surface area contributed by atoms with Crippen LogP contribution in [0.25, 0.3) is 10.8 Å². The average molecular weight is 446 g/mol. The first kappa shape index (κ1) is 23.2. The van der Waals surface area contributed by atoms with Crippen molar-refractivity contribution in [2.75, 3.05) is 26.2 Å². The molecule has 0 bridgehead atoms. The number of piperidine rings is 1. The van der Waals surface area contributed by atoms with E-state index in [0.717, 1.165) is 44.0 Å². The van der Waals surface area contributed by atoms with E-state index in [1.807, 2.05) is 19.1 Å². The Balaban J connectivity index is 1.45. The lowest BCUT2D eigenvalue weighted by molar-refractivity contribution is -0.128. The van der Waals surface area contributed by atoms with Crippen LogP contribution < -0.4 is 10.1 Å². The Morgan fingerprint density at radius 3 is 2.70 bits per heavy atom. The predicted octanol–water partition coefficient (Wildman–Crippen LogP) is 4.83. The molecule has 0 unspecified atom stereocenters. The molecule has 174 valence electrons. The van der Waals surface area contributed by atoms with Gasteiger partial charge in [0.2, 0.25) is 5.91 Å². The molecule has 0 aliphatic carbocycles. The molecule has 33 heavy (non-hydrogen) atoms. The maximum Gasteiger partial charge on any atom is 0.224 e. The van der Waals surface area contributed by atoms with Gasteiger partial charge in [0.15, 0.2) is 0 Å². The summed E-state index contributed by atoms with van der Waals surface area (Å²) in [5, 5.41) is 5.65. The molecule has 1 N–H and O–H groups in total. The van der Waals surface area contributed by atoms with Gasteiger partial charge in [0, 0.05) is 37.8 Å². The normalized spacial score (nSPS) is 19.0. The van der Waals surface area contributed by atoms with Crippen molar-refractivity contribution in [2.24, 2.45) is 17.8 Å². The molecule has 1 saturated heterocycles. The minimum Gasteiger partial charge on any atom is -0.492 e. The van der Waals surface area contributed by atoms with Crippen molar-refractivity contribution in [3.8, 4) is 5.75 Å². The Labute approximate surface area is 197 Å². The van der Waals surface area contributed by atoms with Crippen LogP contribution in [0.1, 0.15) is 31.5 Å². The molecule has 5 heteroatoms. The fraction of sp³-hybridized carbons (Fsp3) is 0.429. The third-order valence-electron chi connectivity index (χ3n) is 6.26. The van der Waals surface area contributed by atoms with Gasteiger partial charge < -0.3 is 10.1 Å². The van der Waals surface area contributed by atoms with E-state index in [4.69, 9.17) is 4.74 Å². The molecule has 3 aromatic rings. The van der Waals surface area contributed by atoms with Crippen LogP contribution in [0.4, 0.5) is 0 Å². The SMILES string of the molecule is Cc1ccc(OC[C@H]2C[C@@H](C(=O)NCC(C)C)CN(Cc3ccc4ccccc4c3)C2)cn1. The standard InChI is InChI=1S/C28H35N3O2/c1-20(2)14-30-28(32)26-13-23(19-33-27-11-8-21(3)29-15-27)17-31(18-26)16-22-9-10-24-6-4-5-7-25(24)12-22/h4-12,15,20,23,26H,13-14,16-19H2,1-3H3,(H,30,32)/t23-,26+/m0/s1. The Morgan fingerprint density at radius 1 is 1.12 bits per heavy atom. The molecule has 1 aromatic heterocycles. The minimum absolute atomic E-state index is 0.0253. The van der Waals surface area contributed by atoms with E-state index in [1.165, 1.54) is 16.3 Å². The van der Waals surface area contributed by atoms with Gasteiger partial charge >= 0.3 is 0 Å². The van der Waals surface area contributed by atoms with Crippen LogP contribution in [0, 0.1) is 24.7 Å². The number of likely N-dealkylation sites (tertiary alicyclic amines) is 1. The maximum atomic E-state index is 12.9. The zero-order valence-electron chi connectivity index (χ0n) is 20.0. The number of hydrogen-bond donors (Lipinski definition) is 1. The molecule has 0 saturated carbocycles. The Morgan fingerprint density at radius 2 is 1.94 bits per heavy atom. The highest BCUT2D eigenvalue weighted by atomic mass is 16.5. The van der Waals surface area contributed by atoms with Crippen molar-refractivity contribution in [3.05, 3.63) is 72.1 Å². The third kappa shape index (κ3) is 6.55. The first-order chi connectivity index (χ1) is 16.0. The fourth-order valence-corrected chi connectivity index (χ4v) is 4.54. The van der Waals surface area contributed by atoms with Crippen molar-refractivity contribution in [1.29, 1.82) is 0 Å². The van der Waals surface area contributed by atoms with Crippen LogP contribution >= 0.6 is 0 Å². The zero-order valence-corrected chi connectivity index (χ0v) is 20.0. The lowest BCUT2D eigenvalue weighted by atomic mass is 9.88. The van der Waals surface area contributed by atoms with E-state index >= 15 is 0 Å². The molecule has 1 aliphatic heterocycles. The van der Waals surface area contributed by atoms with Gasteiger partial charge in [0.25, 0.3) is 0 Å². The van der Waals surface area contributed by atoms with Gasteiger partial charge in [-0.05, 0) is 53.8 Å². The number of nitrogens with one attached hydrogen (secondary N) is 1. The summed E-state index contributed by atoms with van der Waals surface area (Å²) in [7, 11) is 0. The topological polar surface area (TPSA) is 54.5 Å². The monoisotopic (exact) mass is 445 g/mol. The van der Waals surface area contributed by atoms with Crippen LogP contribution in [0.15, 0.2) is 60.8 Å². The molecule has 2 aromatic carbocycles. The quantitative estimate of drug-likeness (QED) is 0.539. The summed E-state index contributed by atoms with van der Waals surface area (Å²) in [5.74, 6) is 1.65. The molecular formula is C28H35N3O2. The molecule has 5 nitrogen and oxygen atoms in total. The summed E-state index contributed by atoms with van der Waals surface area (Å²) < 4.78 is 6.06. The highest BCUT2D eigenvalue weighted by molar-refractivity contribution is 5.83. The Bertz CT molecular complexity index is 1060. The molecule has 0 radical (unpaired) electrons. The van der Waals surface area contributed by atoms with Crippen molar-refractivity contribution in [2.45, 2.75) is 33.7 Å². The van der Waals surface area contributed by atoms with Gasteiger partial charge in [-0.15, -0.1) is 0 Å². The summed E-state index contributed by atoms with van der Waals surface area (Å²) in [6.45, 7) is 10.1. The molecule has 1 aliphatic rings. The number of rotatable bonds is 8. The number of nitrogens with zero attached hydrogens (tertiary/aromatic N) is 2. The summed E-state index contributed by atoms with van der Waals surface area (Å²) in [6.07, 6.45) is 2.62. The number of aryl methyl sites for hydroxylation is 1. The molecular weight excluding hydrogens is 410 g/mol. The minimum atomic E-state index is -0.0253. The second-order valence-corrected chi connectivity index (χ2v) is 9.76. The van der Waals surface area contributed by atoms with E-state index in [1.54, 1.807) is 6.20 Å². The highest BCUT2D eigenvalue weighted by Crippen LogP contribution is 2.26. The number of amides is 1. The van der Waals surface area contributed by atoms with Crippen LogP contribution in [0.3, 0.4) is 0 Å². The number of carbonyl (C=O) groups excluding carboxylic acids is 1. The number of hydrogen-bond acceptors (Lipinski definition) is 4. The Kier molecular flexibility index (Phi) is 7.61. The van der Waals surface area contributed by atoms with E-state index < -0.39 is 0 Å². The van der Waals surface area contributed by atoms with Crippen molar-refractivity contribution >= 4 is 16.7 Å². The second-order valence-electron chi connectivity index (χ2n) is 9.76. The number of aromatic nitrogens is 1. The summed E-state index contributed by atoms with van der Waals surface area (Å²) in [5.41, 5.74) is 2.25. The van der Waals surface area contributed by atoms with Crippen molar-refractivity contribution < 1.29 is 9.53 Å². The van der Waals surface area contributed by atoms with Crippen molar-refractivity contribution in [1.82, 2.24) is 15.2 Å². The van der Waals surface area contributed by atoms with E-state index in [-0.39, 0.29) is 17.7 Å². The van der Waals surface area contributed by atoms with Crippen LogP contribution in [0.5, 0.6) is 5.75 Å². The van der Waals surface area contributed by atoms with Crippen molar-refractivity contribution in [3.63, 3.8) is 0 Å². The highest BCUT2D eigenvalue weighted by Gasteiger charge is 2.32. The number of carbonyl (C=O) groups is 1. The number of benzene rings is 2. The molecule has 1 fully saturated rings. The lowest BCUT2D eigenvalue weighted by Gasteiger charge is -2.37.